The number of rotatable bonds is 6. The van der Waals surface area contributed by atoms with E-state index in [0.29, 0.717) is 19.5 Å². The van der Waals surface area contributed by atoms with Crippen LogP contribution in [-0.4, -0.2) is 47.8 Å². The molecule has 1 fully saturated rings. The number of nitrogens with one attached hydrogen (secondary N) is 2. The summed E-state index contributed by atoms with van der Waals surface area (Å²) in [5.41, 5.74) is 1.16. The van der Waals surface area contributed by atoms with Crippen molar-refractivity contribution >= 4 is 17.7 Å². The maximum Gasteiger partial charge on any atom is 0.245 e. The molecule has 1 heterocycles. The van der Waals surface area contributed by atoms with Crippen LogP contribution >= 0.6 is 0 Å². The Morgan fingerprint density at radius 3 is 2.62 bits per heavy atom. The normalized spacial score (nSPS) is 18.1. The first kappa shape index (κ1) is 18.0. The van der Waals surface area contributed by atoms with Crippen molar-refractivity contribution in [1.82, 2.24) is 15.5 Å². The Labute approximate surface area is 142 Å². The third-order valence-electron chi connectivity index (χ3n) is 4.18. The lowest BCUT2D eigenvalue weighted by molar-refractivity contribution is -0.140. The van der Waals surface area contributed by atoms with E-state index in [0.717, 1.165) is 18.4 Å². The molecule has 0 saturated carbocycles. The Morgan fingerprint density at radius 1 is 1.25 bits per heavy atom. The Balaban J connectivity index is 1.86. The van der Waals surface area contributed by atoms with Crippen molar-refractivity contribution in [3.63, 3.8) is 0 Å². The van der Waals surface area contributed by atoms with Crippen LogP contribution in [0.1, 0.15) is 32.3 Å². The van der Waals surface area contributed by atoms with Crippen LogP contribution in [0, 0.1) is 0 Å². The summed E-state index contributed by atoms with van der Waals surface area (Å²) in [4.78, 5) is 37.5. The van der Waals surface area contributed by atoms with Gasteiger partial charge in [-0.1, -0.05) is 30.3 Å². The number of hydrogen-bond donors (Lipinski definition) is 2. The fourth-order valence-corrected chi connectivity index (χ4v) is 3.01. The van der Waals surface area contributed by atoms with Crippen LogP contribution in [0.4, 0.5) is 0 Å². The smallest absolute Gasteiger partial charge is 0.245 e. The minimum absolute atomic E-state index is 0.119. The zero-order valence-corrected chi connectivity index (χ0v) is 14.2. The van der Waals surface area contributed by atoms with E-state index in [1.54, 1.807) is 11.8 Å². The molecule has 0 spiro atoms. The maximum atomic E-state index is 12.4. The fourth-order valence-electron chi connectivity index (χ4n) is 3.01. The van der Waals surface area contributed by atoms with Gasteiger partial charge in [-0.3, -0.25) is 14.4 Å². The predicted molar refractivity (Wildman–Crippen MR) is 91.2 cm³/mol. The lowest BCUT2D eigenvalue weighted by atomic mass is 10.1. The van der Waals surface area contributed by atoms with Crippen LogP contribution in [0.5, 0.6) is 0 Å². The summed E-state index contributed by atoms with van der Waals surface area (Å²) in [6, 6.07) is 8.89. The van der Waals surface area contributed by atoms with Crippen LogP contribution in [0.15, 0.2) is 30.3 Å². The standard InChI is InChI=1S/C18H25N3O3/c1-13(20-14(2)22)18(24)21-12-6-9-16(21)17(23)19-11-10-15-7-4-3-5-8-15/h3-5,7-8,13,16H,6,9-12H2,1-2H3,(H,19,23)(H,20,22)/t13-,16-/m0/s1. The van der Waals surface area contributed by atoms with Crippen molar-refractivity contribution in [2.75, 3.05) is 13.1 Å². The quantitative estimate of drug-likeness (QED) is 0.811. The summed E-state index contributed by atoms with van der Waals surface area (Å²) in [6.07, 6.45) is 2.22. The van der Waals surface area contributed by atoms with E-state index in [4.69, 9.17) is 0 Å². The first-order valence-electron chi connectivity index (χ1n) is 8.38. The van der Waals surface area contributed by atoms with Crippen LogP contribution < -0.4 is 10.6 Å². The molecule has 0 unspecified atom stereocenters. The van der Waals surface area contributed by atoms with E-state index in [1.165, 1.54) is 6.92 Å². The molecule has 0 aromatic heterocycles. The first-order valence-corrected chi connectivity index (χ1v) is 8.38. The Hall–Kier alpha value is -2.37. The highest BCUT2D eigenvalue weighted by atomic mass is 16.2. The molecule has 2 atom stereocenters. The summed E-state index contributed by atoms with van der Waals surface area (Å²) >= 11 is 0. The zero-order chi connectivity index (χ0) is 17.5. The monoisotopic (exact) mass is 331 g/mol. The second kappa shape index (κ2) is 8.47. The third-order valence-corrected chi connectivity index (χ3v) is 4.18. The fraction of sp³-hybridized carbons (Fsp3) is 0.500. The molecule has 0 radical (unpaired) electrons. The van der Waals surface area contributed by atoms with E-state index < -0.39 is 12.1 Å². The number of carbonyl (C=O) groups is 3. The molecular weight excluding hydrogens is 306 g/mol. The van der Waals surface area contributed by atoms with Gasteiger partial charge in [0.15, 0.2) is 0 Å². The second-order valence-corrected chi connectivity index (χ2v) is 6.14. The summed E-state index contributed by atoms with van der Waals surface area (Å²) in [7, 11) is 0. The van der Waals surface area contributed by atoms with Gasteiger partial charge < -0.3 is 15.5 Å². The molecule has 6 nitrogen and oxygen atoms in total. The Bertz CT molecular complexity index is 588. The summed E-state index contributed by atoms with van der Waals surface area (Å²) in [5, 5.41) is 5.50. The highest BCUT2D eigenvalue weighted by Crippen LogP contribution is 2.18. The van der Waals surface area contributed by atoms with E-state index in [9.17, 15) is 14.4 Å². The lowest BCUT2D eigenvalue weighted by Crippen LogP contribution is -2.52. The molecule has 6 heteroatoms. The van der Waals surface area contributed by atoms with Gasteiger partial charge in [0.2, 0.25) is 17.7 Å². The zero-order valence-electron chi connectivity index (χ0n) is 14.2. The molecule has 1 aliphatic rings. The van der Waals surface area contributed by atoms with E-state index in [1.807, 2.05) is 30.3 Å². The van der Waals surface area contributed by atoms with Crippen molar-refractivity contribution < 1.29 is 14.4 Å². The molecular formula is C18H25N3O3. The number of carbonyl (C=O) groups excluding carboxylic acids is 3. The number of amides is 3. The molecule has 1 saturated heterocycles. The average Bonchev–Trinajstić information content (AvgIpc) is 3.04. The van der Waals surface area contributed by atoms with Crippen molar-refractivity contribution in [3.05, 3.63) is 35.9 Å². The van der Waals surface area contributed by atoms with Gasteiger partial charge in [-0.05, 0) is 31.7 Å². The highest BCUT2D eigenvalue weighted by molar-refractivity contribution is 5.92. The average molecular weight is 331 g/mol. The van der Waals surface area contributed by atoms with Crippen LogP contribution in [0.2, 0.25) is 0 Å². The highest BCUT2D eigenvalue weighted by Gasteiger charge is 2.35. The van der Waals surface area contributed by atoms with Crippen molar-refractivity contribution in [2.24, 2.45) is 0 Å². The number of benzene rings is 1. The molecule has 1 aliphatic heterocycles. The molecule has 130 valence electrons. The summed E-state index contributed by atoms with van der Waals surface area (Å²) < 4.78 is 0. The SMILES string of the molecule is CC(=O)N[C@@H](C)C(=O)N1CCC[C@H]1C(=O)NCCc1ccccc1. The van der Waals surface area contributed by atoms with Gasteiger partial charge in [0, 0.05) is 20.0 Å². The first-order chi connectivity index (χ1) is 11.5. The van der Waals surface area contributed by atoms with Gasteiger partial charge in [0.1, 0.15) is 12.1 Å². The van der Waals surface area contributed by atoms with Gasteiger partial charge in [0.25, 0.3) is 0 Å². The minimum atomic E-state index is -0.611. The van der Waals surface area contributed by atoms with Crippen molar-refractivity contribution in [1.29, 1.82) is 0 Å². The molecule has 1 aromatic carbocycles. The van der Waals surface area contributed by atoms with Gasteiger partial charge in [-0.15, -0.1) is 0 Å². The van der Waals surface area contributed by atoms with Crippen molar-refractivity contribution in [2.45, 2.75) is 45.2 Å². The topological polar surface area (TPSA) is 78.5 Å². The summed E-state index contributed by atoms with van der Waals surface area (Å²) in [6.45, 7) is 4.12. The van der Waals surface area contributed by atoms with Crippen LogP contribution in [0.25, 0.3) is 0 Å². The van der Waals surface area contributed by atoms with Crippen LogP contribution in [-0.2, 0) is 20.8 Å². The largest absolute Gasteiger partial charge is 0.354 e. The lowest BCUT2D eigenvalue weighted by Gasteiger charge is -2.27. The van der Waals surface area contributed by atoms with Gasteiger partial charge in [0.05, 0.1) is 0 Å². The summed E-state index contributed by atoms with van der Waals surface area (Å²) in [5.74, 6) is -0.573. The van der Waals surface area contributed by atoms with Crippen LogP contribution in [0.3, 0.4) is 0 Å². The maximum absolute atomic E-state index is 12.4. The molecule has 1 aromatic rings. The van der Waals surface area contributed by atoms with E-state index in [2.05, 4.69) is 10.6 Å². The molecule has 0 aliphatic carbocycles. The number of likely N-dealkylation sites (tertiary alicyclic amines) is 1. The van der Waals surface area contributed by atoms with Gasteiger partial charge in [-0.2, -0.15) is 0 Å². The molecule has 0 bridgehead atoms. The molecule has 3 amide bonds. The minimum Gasteiger partial charge on any atom is -0.354 e. The second-order valence-electron chi connectivity index (χ2n) is 6.14. The van der Waals surface area contributed by atoms with E-state index in [-0.39, 0.29) is 17.7 Å². The Kier molecular flexibility index (Phi) is 6.35. The molecule has 24 heavy (non-hydrogen) atoms. The van der Waals surface area contributed by atoms with Gasteiger partial charge >= 0.3 is 0 Å². The third kappa shape index (κ3) is 4.81. The number of hydrogen-bond acceptors (Lipinski definition) is 3. The molecule has 2 N–H and O–H groups in total. The van der Waals surface area contributed by atoms with Gasteiger partial charge in [-0.25, -0.2) is 0 Å². The predicted octanol–water partition coefficient (Wildman–Crippen LogP) is 0.861. The number of nitrogens with zero attached hydrogens (tertiary/aromatic N) is 1. The Morgan fingerprint density at radius 2 is 1.96 bits per heavy atom. The molecule has 2 rings (SSSR count). The van der Waals surface area contributed by atoms with E-state index >= 15 is 0 Å². The van der Waals surface area contributed by atoms with Crippen molar-refractivity contribution in [3.8, 4) is 0 Å².